The highest BCUT2D eigenvalue weighted by atomic mass is 32.1. The molecule has 1 fully saturated rings. The Labute approximate surface area is 132 Å². The van der Waals surface area contributed by atoms with E-state index >= 15 is 0 Å². The van der Waals surface area contributed by atoms with Gasteiger partial charge in [0.05, 0.1) is 31.1 Å². The largest absolute Gasteiger partial charge is 0.497 e. The molecule has 0 unspecified atom stereocenters. The van der Waals surface area contributed by atoms with E-state index in [0.29, 0.717) is 4.88 Å². The fourth-order valence-corrected chi connectivity index (χ4v) is 3.38. The van der Waals surface area contributed by atoms with Crippen molar-refractivity contribution in [3.8, 4) is 5.75 Å². The van der Waals surface area contributed by atoms with E-state index in [1.165, 1.54) is 18.4 Å². The van der Waals surface area contributed by atoms with E-state index in [1.807, 2.05) is 24.3 Å². The van der Waals surface area contributed by atoms with Gasteiger partial charge in [-0.1, -0.05) is 0 Å². The van der Waals surface area contributed by atoms with Crippen molar-refractivity contribution < 1.29 is 19.1 Å². The van der Waals surface area contributed by atoms with Crippen LogP contribution in [0.25, 0.3) is 10.1 Å². The summed E-state index contributed by atoms with van der Waals surface area (Å²) in [6.07, 6.45) is 1.85. The Morgan fingerprint density at radius 2 is 2.05 bits per heavy atom. The monoisotopic (exact) mass is 319 g/mol. The zero-order valence-corrected chi connectivity index (χ0v) is 13.3. The molecule has 1 aliphatic carbocycles. The van der Waals surface area contributed by atoms with E-state index in [9.17, 15) is 9.59 Å². The number of methoxy groups -OCH3 is 2. The van der Waals surface area contributed by atoms with E-state index in [1.54, 1.807) is 7.11 Å². The minimum absolute atomic E-state index is 0.137. The van der Waals surface area contributed by atoms with Crippen LogP contribution in [0.1, 0.15) is 28.9 Å². The molecule has 1 aromatic carbocycles. The van der Waals surface area contributed by atoms with Gasteiger partial charge in [-0.15, -0.1) is 11.3 Å². The van der Waals surface area contributed by atoms with Crippen LogP contribution in [0.15, 0.2) is 24.3 Å². The molecule has 0 spiro atoms. The molecule has 1 aliphatic rings. The molecule has 6 heteroatoms. The van der Waals surface area contributed by atoms with Gasteiger partial charge in [0, 0.05) is 4.70 Å². The Balaban J connectivity index is 1.76. The van der Waals surface area contributed by atoms with E-state index in [2.05, 4.69) is 10.1 Å². The van der Waals surface area contributed by atoms with Crippen LogP contribution in [-0.2, 0) is 9.53 Å². The maximum Gasteiger partial charge on any atom is 0.307 e. The average molecular weight is 319 g/mol. The number of esters is 1. The average Bonchev–Trinajstić information content (AvgIpc) is 3.12. The van der Waals surface area contributed by atoms with Gasteiger partial charge in [-0.05, 0) is 42.5 Å². The van der Waals surface area contributed by atoms with Crippen LogP contribution in [0.4, 0.5) is 0 Å². The topological polar surface area (TPSA) is 64.6 Å². The summed E-state index contributed by atoms with van der Waals surface area (Å²) in [5.74, 6) is 0.339. The molecule has 22 heavy (non-hydrogen) atoms. The second kappa shape index (κ2) is 5.61. The molecule has 1 heterocycles. The third kappa shape index (κ3) is 2.92. The van der Waals surface area contributed by atoms with Crippen LogP contribution in [-0.4, -0.2) is 31.6 Å². The molecule has 0 atom stereocenters. The first-order valence-corrected chi connectivity index (χ1v) is 7.84. The summed E-state index contributed by atoms with van der Waals surface area (Å²) in [7, 11) is 2.98. The Kier molecular flexibility index (Phi) is 3.78. The highest BCUT2D eigenvalue weighted by Crippen LogP contribution is 2.39. The lowest BCUT2D eigenvalue weighted by molar-refractivity contribution is -0.141. The first-order valence-electron chi connectivity index (χ1n) is 7.02. The van der Waals surface area contributed by atoms with Crippen LogP contribution < -0.4 is 10.1 Å². The lowest BCUT2D eigenvalue weighted by Gasteiger charge is -2.15. The molecule has 1 aromatic heterocycles. The second-order valence-corrected chi connectivity index (χ2v) is 6.59. The van der Waals surface area contributed by atoms with E-state index in [4.69, 9.17) is 4.74 Å². The second-order valence-electron chi connectivity index (χ2n) is 5.50. The number of rotatable bonds is 5. The summed E-state index contributed by atoms with van der Waals surface area (Å²) in [4.78, 5) is 24.5. The van der Waals surface area contributed by atoms with E-state index in [0.717, 1.165) is 28.7 Å². The van der Waals surface area contributed by atoms with Crippen LogP contribution in [0.3, 0.4) is 0 Å². The number of carbonyl (C=O) groups is 2. The summed E-state index contributed by atoms with van der Waals surface area (Å²) in [6, 6.07) is 7.58. The van der Waals surface area contributed by atoms with Crippen molar-refractivity contribution in [1.29, 1.82) is 0 Å². The fraction of sp³-hybridized carbons (Fsp3) is 0.375. The molecule has 0 radical (unpaired) electrons. The van der Waals surface area contributed by atoms with Crippen molar-refractivity contribution >= 4 is 33.3 Å². The van der Waals surface area contributed by atoms with Crippen molar-refractivity contribution in [2.75, 3.05) is 14.2 Å². The number of hydrogen-bond donors (Lipinski definition) is 1. The van der Waals surface area contributed by atoms with Gasteiger partial charge in [0.1, 0.15) is 5.75 Å². The Morgan fingerprint density at radius 1 is 1.27 bits per heavy atom. The fourth-order valence-electron chi connectivity index (χ4n) is 2.40. The van der Waals surface area contributed by atoms with Gasteiger partial charge in [0.2, 0.25) is 0 Å². The lowest BCUT2D eigenvalue weighted by atomic mass is 10.1. The molecule has 1 saturated carbocycles. The Bertz CT molecular complexity index is 733. The SMILES string of the molecule is COC(=O)CC1(NC(=O)c2cc3ccc(OC)cc3s2)CC1. The summed E-state index contributed by atoms with van der Waals surface area (Å²) in [5.41, 5.74) is -0.419. The number of hydrogen-bond acceptors (Lipinski definition) is 5. The summed E-state index contributed by atoms with van der Waals surface area (Å²) in [5, 5.41) is 3.99. The van der Waals surface area contributed by atoms with Crippen molar-refractivity contribution in [1.82, 2.24) is 5.32 Å². The highest BCUT2D eigenvalue weighted by Gasteiger charge is 2.46. The zero-order valence-electron chi connectivity index (χ0n) is 12.5. The first kappa shape index (κ1) is 14.8. The van der Waals surface area contributed by atoms with Crippen molar-refractivity contribution in [3.63, 3.8) is 0 Å². The standard InChI is InChI=1S/C16H17NO4S/c1-20-11-4-3-10-7-13(22-12(10)8-11)15(19)17-16(5-6-16)9-14(18)21-2/h3-4,7-8H,5-6,9H2,1-2H3,(H,17,19). The summed E-state index contributed by atoms with van der Waals surface area (Å²) in [6.45, 7) is 0. The molecule has 2 aromatic rings. The third-order valence-corrected chi connectivity index (χ3v) is 4.99. The van der Waals surface area contributed by atoms with E-state index < -0.39 is 5.54 Å². The summed E-state index contributed by atoms with van der Waals surface area (Å²) >= 11 is 1.42. The Hall–Kier alpha value is -2.08. The maximum absolute atomic E-state index is 12.4. The molecular formula is C16H17NO4S. The van der Waals surface area contributed by atoms with Gasteiger partial charge in [0.15, 0.2) is 0 Å². The van der Waals surface area contributed by atoms with Crippen LogP contribution in [0.5, 0.6) is 5.75 Å². The minimum atomic E-state index is -0.419. The zero-order chi connectivity index (χ0) is 15.7. The predicted octanol–water partition coefficient (Wildman–Crippen LogP) is 2.74. The van der Waals surface area contributed by atoms with Crippen LogP contribution in [0.2, 0.25) is 0 Å². The first-order chi connectivity index (χ1) is 10.5. The molecule has 0 aliphatic heterocycles. The molecule has 0 saturated heterocycles. The number of fused-ring (bicyclic) bond motifs is 1. The third-order valence-electron chi connectivity index (χ3n) is 3.89. The Morgan fingerprint density at radius 3 is 2.68 bits per heavy atom. The van der Waals surface area contributed by atoms with Crippen LogP contribution >= 0.6 is 11.3 Å². The van der Waals surface area contributed by atoms with Gasteiger partial charge in [-0.25, -0.2) is 0 Å². The number of nitrogens with one attached hydrogen (secondary N) is 1. The number of amides is 1. The summed E-state index contributed by atoms with van der Waals surface area (Å²) < 4.78 is 10.9. The van der Waals surface area contributed by atoms with E-state index in [-0.39, 0.29) is 18.3 Å². The number of ether oxygens (including phenoxy) is 2. The van der Waals surface area contributed by atoms with Crippen LogP contribution in [0, 0.1) is 0 Å². The van der Waals surface area contributed by atoms with Crippen molar-refractivity contribution in [2.45, 2.75) is 24.8 Å². The van der Waals surface area contributed by atoms with Gasteiger partial charge in [-0.2, -0.15) is 0 Å². The maximum atomic E-state index is 12.4. The molecule has 3 rings (SSSR count). The van der Waals surface area contributed by atoms with Crippen molar-refractivity contribution in [2.24, 2.45) is 0 Å². The van der Waals surface area contributed by atoms with Gasteiger partial charge in [-0.3, -0.25) is 9.59 Å². The molecule has 0 bridgehead atoms. The molecular weight excluding hydrogens is 302 g/mol. The molecule has 1 N–H and O–H groups in total. The smallest absolute Gasteiger partial charge is 0.307 e. The highest BCUT2D eigenvalue weighted by molar-refractivity contribution is 7.20. The lowest BCUT2D eigenvalue weighted by Crippen LogP contribution is -2.38. The quantitative estimate of drug-likeness (QED) is 0.861. The van der Waals surface area contributed by atoms with Gasteiger partial charge in [0.25, 0.3) is 5.91 Å². The number of carbonyl (C=O) groups excluding carboxylic acids is 2. The molecule has 5 nitrogen and oxygen atoms in total. The number of thiophene rings is 1. The predicted molar refractivity (Wildman–Crippen MR) is 84.4 cm³/mol. The number of benzene rings is 1. The van der Waals surface area contributed by atoms with Gasteiger partial charge >= 0.3 is 5.97 Å². The van der Waals surface area contributed by atoms with Crippen molar-refractivity contribution in [3.05, 3.63) is 29.1 Å². The normalized spacial score (nSPS) is 15.4. The van der Waals surface area contributed by atoms with Gasteiger partial charge < -0.3 is 14.8 Å². The molecule has 1 amide bonds. The molecule has 116 valence electrons. The minimum Gasteiger partial charge on any atom is -0.497 e.